The normalized spacial score (nSPS) is 23.3. The largest absolute Gasteiger partial charge is 0.395 e. The van der Waals surface area contributed by atoms with Crippen molar-refractivity contribution in [2.75, 3.05) is 53.6 Å². The Morgan fingerprint density at radius 3 is 2.38 bits per heavy atom. The summed E-state index contributed by atoms with van der Waals surface area (Å²) in [6, 6.07) is 0.179. The highest BCUT2D eigenvalue weighted by Crippen LogP contribution is 2.04. The number of hydrogen-bond acceptors (Lipinski definition) is 4. The van der Waals surface area contributed by atoms with Gasteiger partial charge in [-0.25, -0.2) is 0 Å². The van der Waals surface area contributed by atoms with Crippen molar-refractivity contribution in [3.05, 3.63) is 0 Å². The summed E-state index contributed by atoms with van der Waals surface area (Å²) < 4.78 is 5.06. The summed E-state index contributed by atoms with van der Waals surface area (Å²) in [6.07, 6.45) is 0. The summed E-state index contributed by atoms with van der Waals surface area (Å²) in [6.45, 7) is 5.05. The summed E-state index contributed by atoms with van der Waals surface area (Å²) >= 11 is 0. The van der Waals surface area contributed by atoms with Gasteiger partial charge in [0, 0.05) is 33.3 Å². The van der Waals surface area contributed by atoms with Gasteiger partial charge in [-0.15, -0.1) is 0 Å². The molecule has 1 rings (SSSR count). The Morgan fingerprint density at radius 2 is 1.92 bits per heavy atom. The minimum atomic E-state index is 0.179. The van der Waals surface area contributed by atoms with E-state index in [0.717, 1.165) is 26.2 Å². The molecule has 1 atom stereocenters. The maximum Gasteiger partial charge on any atom is 0.0640 e. The average molecular weight is 188 g/mol. The van der Waals surface area contributed by atoms with Gasteiger partial charge in [-0.3, -0.25) is 4.90 Å². The van der Waals surface area contributed by atoms with E-state index in [0.29, 0.717) is 6.61 Å². The number of nitrogens with zero attached hydrogens (tertiary/aromatic N) is 2. The molecule has 1 unspecified atom stereocenters. The van der Waals surface area contributed by atoms with Crippen molar-refractivity contribution in [3.8, 4) is 0 Å². The zero-order chi connectivity index (χ0) is 9.68. The monoisotopic (exact) mass is 188 g/mol. The number of rotatable bonds is 4. The molecular weight excluding hydrogens is 168 g/mol. The molecule has 1 aliphatic rings. The maximum atomic E-state index is 9.14. The predicted molar refractivity (Wildman–Crippen MR) is 51.8 cm³/mol. The van der Waals surface area contributed by atoms with Crippen LogP contribution in [-0.2, 0) is 4.74 Å². The number of ether oxygens (including phenoxy) is 1. The van der Waals surface area contributed by atoms with Gasteiger partial charge in [0.2, 0.25) is 0 Å². The molecule has 1 aliphatic heterocycles. The lowest BCUT2D eigenvalue weighted by Gasteiger charge is -2.36. The fourth-order valence-corrected chi connectivity index (χ4v) is 1.65. The molecule has 0 amide bonds. The van der Waals surface area contributed by atoms with Crippen LogP contribution < -0.4 is 0 Å². The van der Waals surface area contributed by atoms with E-state index in [2.05, 4.69) is 16.8 Å². The van der Waals surface area contributed by atoms with Crippen LogP contribution in [0.1, 0.15) is 0 Å². The first-order valence-corrected chi connectivity index (χ1v) is 4.80. The van der Waals surface area contributed by atoms with Crippen molar-refractivity contribution in [2.45, 2.75) is 6.04 Å². The molecule has 1 saturated heterocycles. The van der Waals surface area contributed by atoms with Gasteiger partial charge < -0.3 is 14.7 Å². The van der Waals surface area contributed by atoms with Crippen molar-refractivity contribution in [2.24, 2.45) is 0 Å². The molecule has 1 heterocycles. The number of aliphatic hydroxyl groups is 1. The first-order chi connectivity index (χ1) is 6.27. The third-order valence-corrected chi connectivity index (χ3v) is 2.62. The molecule has 4 nitrogen and oxygen atoms in total. The van der Waals surface area contributed by atoms with Crippen LogP contribution in [-0.4, -0.2) is 74.5 Å². The molecule has 13 heavy (non-hydrogen) atoms. The molecule has 78 valence electrons. The summed E-state index contributed by atoms with van der Waals surface area (Å²) in [4.78, 5) is 4.60. The smallest absolute Gasteiger partial charge is 0.0640 e. The Balaban J connectivity index is 2.32. The summed E-state index contributed by atoms with van der Waals surface area (Å²) in [7, 11) is 3.81. The van der Waals surface area contributed by atoms with Gasteiger partial charge in [-0.1, -0.05) is 0 Å². The fourth-order valence-electron chi connectivity index (χ4n) is 1.65. The first kappa shape index (κ1) is 10.9. The molecule has 0 bridgehead atoms. The summed E-state index contributed by atoms with van der Waals surface area (Å²) in [5.74, 6) is 0. The van der Waals surface area contributed by atoms with E-state index in [1.807, 2.05) is 0 Å². The standard InChI is InChI=1S/C9H20N2O2/c1-10-3-5-11(6-4-10)9(7-12)8-13-2/h9,12H,3-8H2,1-2H3. The third kappa shape index (κ3) is 3.23. The second-order valence-electron chi connectivity index (χ2n) is 3.63. The Bertz CT molecular complexity index is 136. The second kappa shape index (κ2) is 5.54. The van der Waals surface area contributed by atoms with E-state index in [1.165, 1.54) is 0 Å². The van der Waals surface area contributed by atoms with Gasteiger partial charge in [-0.05, 0) is 7.05 Å². The minimum Gasteiger partial charge on any atom is -0.395 e. The Hall–Kier alpha value is -0.160. The van der Waals surface area contributed by atoms with Crippen molar-refractivity contribution in [3.63, 3.8) is 0 Å². The van der Waals surface area contributed by atoms with Crippen LogP contribution >= 0.6 is 0 Å². The highest BCUT2D eigenvalue weighted by atomic mass is 16.5. The van der Waals surface area contributed by atoms with Crippen molar-refractivity contribution in [1.29, 1.82) is 0 Å². The molecule has 4 heteroatoms. The molecule has 0 aromatic heterocycles. The highest BCUT2D eigenvalue weighted by Gasteiger charge is 2.21. The lowest BCUT2D eigenvalue weighted by molar-refractivity contribution is 0.0275. The molecule has 0 saturated carbocycles. The van der Waals surface area contributed by atoms with Crippen LogP contribution in [0.25, 0.3) is 0 Å². The summed E-state index contributed by atoms with van der Waals surface area (Å²) in [5.41, 5.74) is 0. The van der Waals surface area contributed by atoms with Gasteiger partial charge in [0.05, 0.1) is 19.3 Å². The van der Waals surface area contributed by atoms with E-state index >= 15 is 0 Å². The third-order valence-electron chi connectivity index (χ3n) is 2.62. The quantitative estimate of drug-likeness (QED) is 0.629. The minimum absolute atomic E-state index is 0.179. The Labute approximate surface area is 80.1 Å². The van der Waals surface area contributed by atoms with E-state index in [-0.39, 0.29) is 12.6 Å². The SMILES string of the molecule is COCC(CO)N1CCN(C)CC1. The number of likely N-dealkylation sites (N-methyl/N-ethyl adjacent to an activating group) is 1. The lowest BCUT2D eigenvalue weighted by atomic mass is 10.2. The topological polar surface area (TPSA) is 35.9 Å². The number of piperazine rings is 1. The van der Waals surface area contributed by atoms with Gasteiger partial charge in [0.15, 0.2) is 0 Å². The van der Waals surface area contributed by atoms with E-state index < -0.39 is 0 Å². The van der Waals surface area contributed by atoms with Gasteiger partial charge >= 0.3 is 0 Å². The van der Waals surface area contributed by atoms with Crippen molar-refractivity contribution < 1.29 is 9.84 Å². The van der Waals surface area contributed by atoms with Crippen LogP contribution in [0.2, 0.25) is 0 Å². The molecule has 0 aromatic carbocycles. The molecular formula is C9H20N2O2. The highest BCUT2D eigenvalue weighted by molar-refractivity contribution is 4.76. The van der Waals surface area contributed by atoms with E-state index in [4.69, 9.17) is 9.84 Å². The zero-order valence-corrected chi connectivity index (χ0v) is 8.57. The van der Waals surface area contributed by atoms with Crippen LogP contribution in [0.3, 0.4) is 0 Å². The van der Waals surface area contributed by atoms with Gasteiger partial charge in [0.1, 0.15) is 0 Å². The summed E-state index contributed by atoms with van der Waals surface area (Å²) in [5, 5.41) is 9.14. The molecule has 0 aliphatic carbocycles. The number of hydrogen-bond donors (Lipinski definition) is 1. The van der Waals surface area contributed by atoms with Crippen molar-refractivity contribution >= 4 is 0 Å². The zero-order valence-electron chi connectivity index (χ0n) is 8.57. The Morgan fingerprint density at radius 1 is 1.31 bits per heavy atom. The Kier molecular flexibility index (Phi) is 4.66. The van der Waals surface area contributed by atoms with Crippen LogP contribution in [0.4, 0.5) is 0 Å². The average Bonchev–Trinajstić information content (AvgIpc) is 2.16. The maximum absolute atomic E-state index is 9.14. The molecule has 1 N–H and O–H groups in total. The lowest BCUT2D eigenvalue weighted by Crippen LogP contribution is -2.51. The second-order valence-corrected chi connectivity index (χ2v) is 3.63. The number of methoxy groups -OCH3 is 1. The molecule has 1 fully saturated rings. The van der Waals surface area contributed by atoms with Crippen LogP contribution in [0.5, 0.6) is 0 Å². The van der Waals surface area contributed by atoms with Gasteiger partial charge in [0.25, 0.3) is 0 Å². The van der Waals surface area contributed by atoms with Crippen molar-refractivity contribution in [1.82, 2.24) is 9.80 Å². The number of aliphatic hydroxyl groups excluding tert-OH is 1. The first-order valence-electron chi connectivity index (χ1n) is 4.80. The van der Waals surface area contributed by atoms with Gasteiger partial charge in [-0.2, -0.15) is 0 Å². The fraction of sp³-hybridized carbons (Fsp3) is 1.00. The molecule has 0 spiro atoms. The molecule has 0 radical (unpaired) electrons. The molecule has 0 aromatic rings. The van der Waals surface area contributed by atoms with Crippen LogP contribution in [0.15, 0.2) is 0 Å². The van der Waals surface area contributed by atoms with Crippen LogP contribution in [0, 0.1) is 0 Å². The van der Waals surface area contributed by atoms with E-state index in [1.54, 1.807) is 7.11 Å². The predicted octanol–water partition coefficient (Wildman–Crippen LogP) is -0.759. The van der Waals surface area contributed by atoms with E-state index in [9.17, 15) is 0 Å².